The molecule has 118 valence electrons. The van der Waals surface area contributed by atoms with E-state index in [1.807, 2.05) is 35.0 Å². The van der Waals surface area contributed by atoms with Crippen LogP contribution in [0.3, 0.4) is 0 Å². The summed E-state index contributed by atoms with van der Waals surface area (Å²) in [5, 5.41) is 18.0. The molecule has 0 aliphatic rings. The Hall–Kier alpha value is -2.46. The molecule has 4 nitrogen and oxygen atoms in total. The Labute approximate surface area is 136 Å². The van der Waals surface area contributed by atoms with E-state index in [-0.39, 0.29) is 6.61 Å². The lowest BCUT2D eigenvalue weighted by Gasteiger charge is -2.11. The van der Waals surface area contributed by atoms with Crippen LogP contribution in [0, 0.1) is 0 Å². The first kappa shape index (κ1) is 15.4. The Bertz CT molecular complexity index is 765. The largest absolute Gasteiger partial charge is 0.390 e. The Morgan fingerprint density at radius 1 is 0.957 bits per heavy atom. The van der Waals surface area contributed by atoms with Crippen molar-refractivity contribution in [3.05, 3.63) is 77.1 Å². The van der Waals surface area contributed by atoms with Crippen molar-refractivity contribution in [2.45, 2.75) is 32.8 Å². The normalized spacial score (nSPS) is 10.9. The minimum absolute atomic E-state index is 0.0849. The number of hydrogen-bond donors (Lipinski definition) is 1. The van der Waals surface area contributed by atoms with Gasteiger partial charge in [-0.15, -0.1) is 5.10 Å². The van der Waals surface area contributed by atoms with Crippen LogP contribution in [0.5, 0.6) is 0 Å². The van der Waals surface area contributed by atoms with E-state index in [2.05, 4.69) is 41.5 Å². The lowest BCUT2D eigenvalue weighted by Crippen LogP contribution is -2.08. The van der Waals surface area contributed by atoms with Gasteiger partial charge in [-0.25, -0.2) is 4.68 Å². The smallest absolute Gasteiger partial charge is 0.112 e. The molecule has 0 bridgehead atoms. The quantitative estimate of drug-likeness (QED) is 0.761. The lowest BCUT2D eigenvalue weighted by molar-refractivity contribution is 0.275. The fraction of sp³-hybridized carbons (Fsp3) is 0.263. The fourth-order valence-electron chi connectivity index (χ4n) is 2.82. The average Bonchev–Trinajstić information content (AvgIpc) is 3.03. The number of para-hydroxylation sites is 1. The highest BCUT2D eigenvalue weighted by Crippen LogP contribution is 2.19. The molecule has 23 heavy (non-hydrogen) atoms. The lowest BCUT2D eigenvalue weighted by atomic mass is 10.1. The Balaban J connectivity index is 1.94. The van der Waals surface area contributed by atoms with Gasteiger partial charge in [0.15, 0.2) is 0 Å². The van der Waals surface area contributed by atoms with Gasteiger partial charge < -0.3 is 5.11 Å². The second kappa shape index (κ2) is 7.20. The number of nitrogens with zero attached hydrogens (tertiary/aromatic N) is 3. The average molecular weight is 307 g/mol. The van der Waals surface area contributed by atoms with Crippen LogP contribution in [-0.4, -0.2) is 20.1 Å². The number of benzene rings is 2. The van der Waals surface area contributed by atoms with Crippen LogP contribution in [-0.2, 0) is 25.9 Å². The molecule has 0 spiro atoms. The number of aryl methyl sites for hydroxylation is 2. The zero-order valence-electron chi connectivity index (χ0n) is 13.3. The maximum atomic E-state index is 9.59. The van der Waals surface area contributed by atoms with Gasteiger partial charge in [0.05, 0.1) is 18.0 Å². The van der Waals surface area contributed by atoms with Gasteiger partial charge in [-0.3, -0.25) is 0 Å². The first-order valence-corrected chi connectivity index (χ1v) is 8.00. The summed E-state index contributed by atoms with van der Waals surface area (Å²) in [6.45, 7) is 2.05. The van der Waals surface area contributed by atoms with Gasteiger partial charge in [0.1, 0.15) is 5.69 Å². The summed E-state index contributed by atoms with van der Waals surface area (Å²) in [4.78, 5) is 0. The highest BCUT2D eigenvalue weighted by molar-refractivity contribution is 5.42. The van der Waals surface area contributed by atoms with Crippen molar-refractivity contribution in [1.29, 1.82) is 0 Å². The monoisotopic (exact) mass is 307 g/mol. The van der Waals surface area contributed by atoms with Crippen LogP contribution in [0.15, 0.2) is 54.6 Å². The summed E-state index contributed by atoms with van der Waals surface area (Å²) >= 11 is 0. The van der Waals surface area contributed by atoms with E-state index in [1.54, 1.807) is 0 Å². The molecular formula is C19H21N3O. The molecule has 4 heteroatoms. The SMILES string of the molecule is CCc1ccccc1-n1nnc(CO)c1CCc1ccccc1. The minimum Gasteiger partial charge on any atom is -0.390 e. The molecule has 1 heterocycles. The summed E-state index contributed by atoms with van der Waals surface area (Å²) in [6, 6.07) is 18.6. The molecule has 0 aliphatic carbocycles. The molecule has 0 saturated heterocycles. The number of aromatic nitrogens is 3. The molecule has 0 radical (unpaired) electrons. The highest BCUT2D eigenvalue weighted by Gasteiger charge is 2.15. The van der Waals surface area contributed by atoms with Crippen molar-refractivity contribution in [1.82, 2.24) is 15.0 Å². The number of aliphatic hydroxyl groups excluding tert-OH is 1. The third-order valence-electron chi connectivity index (χ3n) is 4.09. The van der Waals surface area contributed by atoms with Crippen molar-refractivity contribution in [3.8, 4) is 5.69 Å². The van der Waals surface area contributed by atoms with Crippen molar-refractivity contribution in [3.63, 3.8) is 0 Å². The fourth-order valence-corrected chi connectivity index (χ4v) is 2.82. The maximum Gasteiger partial charge on any atom is 0.112 e. The van der Waals surface area contributed by atoms with Crippen LogP contribution in [0.1, 0.15) is 29.4 Å². The zero-order chi connectivity index (χ0) is 16.1. The van der Waals surface area contributed by atoms with E-state index in [0.29, 0.717) is 5.69 Å². The third-order valence-corrected chi connectivity index (χ3v) is 4.09. The molecule has 1 aromatic heterocycles. The molecule has 3 aromatic rings. The Kier molecular flexibility index (Phi) is 4.83. The maximum absolute atomic E-state index is 9.59. The van der Waals surface area contributed by atoms with Gasteiger partial charge in [-0.2, -0.15) is 0 Å². The van der Waals surface area contributed by atoms with Gasteiger partial charge >= 0.3 is 0 Å². The summed E-state index contributed by atoms with van der Waals surface area (Å²) < 4.78 is 1.88. The highest BCUT2D eigenvalue weighted by atomic mass is 16.3. The Morgan fingerprint density at radius 3 is 2.43 bits per heavy atom. The van der Waals surface area contributed by atoms with E-state index in [9.17, 15) is 5.11 Å². The van der Waals surface area contributed by atoms with Crippen molar-refractivity contribution >= 4 is 0 Å². The number of rotatable bonds is 6. The van der Waals surface area contributed by atoms with E-state index in [1.165, 1.54) is 11.1 Å². The summed E-state index contributed by atoms with van der Waals surface area (Å²) in [5.74, 6) is 0. The van der Waals surface area contributed by atoms with Gasteiger partial charge in [0.25, 0.3) is 0 Å². The number of hydrogen-bond acceptors (Lipinski definition) is 3. The van der Waals surface area contributed by atoms with Gasteiger partial charge in [0.2, 0.25) is 0 Å². The summed E-state index contributed by atoms with van der Waals surface area (Å²) in [5.41, 5.74) is 5.19. The second-order valence-electron chi connectivity index (χ2n) is 5.52. The molecule has 0 unspecified atom stereocenters. The standard InChI is InChI=1S/C19H21N3O/c1-2-16-10-6-7-11-18(16)22-19(17(14-23)20-21-22)13-12-15-8-4-3-5-9-15/h3-11,23H,2,12-14H2,1H3. The third kappa shape index (κ3) is 3.32. The van der Waals surface area contributed by atoms with Crippen LogP contribution in [0.25, 0.3) is 5.69 Å². The first-order chi connectivity index (χ1) is 11.3. The minimum atomic E-state index is -0.0849. The van der Waals surface area contributed by atoms with E-state index in [4.69, 9.17) is 0 Å². The molecule has 0 fully saturated rings. The first-order valence-electron chi connectivity index (χ1n) is 8.00. The van der Waals surface area contributed by atoms with Crippen LogP contribution in [0.4, 0.5) is 0 Å². The van der Waals surface area contributed by atoms with E-state index >= 15 is 0 Å². The predicted octanol–water partition coefficient (Wildman–Crippen LogP) is 3.11. The predicted molar refractivity (Wildman–Crippen MR) is 90.5 cm³/mol. The van der Waals surface area contributed by atoms with Crippen molar-refractivity contribution in [2.24, 2.45) is 0 Å². The summed E-state index contributed by atoms with van der Waals surface area (Å²) in [6.07, 6.45) is 2.63. The van der Waals surface area contributed by atoms with Gasteiger partial charge in [-0.1, -0.05) is 60.7 Å². The van der Waals surface area contributed by atoms with E-state index in [0.717, 1.165) is 30.6 Å². The van der Waals surface area contributed by atoms with Crippen LogP contribution >= 0.6 is 0 Å². The molecular weight excluding hydrogens is 286 g/mol. The second-order valence-corrected chi connectivity index (χ2v) is 5.52. The topological polar surface area (TPSA) is 50.9 Å². The Morgan fingerprint density at radius 2 is 1.70 bits per heavy atom. The molecule has 2 aromatic carbocycles. The van der Waals surface area contributed by atoms with Crippen LogP contribution < -0.4 is 0 Å². The van der Waals surface area contributed by atoms with Crippen molar-refractivity contribution < 1.29 is 5.11 Å². The molecule has 3 rings (SSSR count). The molecule has 0 atom stereocenters. The molecule has 0 saturated carbocycles. The van der Waals surface area contributed by atoms with Gasteiger partial charge in [-0.05, 0) is 36.5 Å². The van der Waals surface area contributed by atoms with Crippen LogP contribution in [0.2, 0.25) is 0 Å². The molecule has 0 aliphatic heterocycles. The number of aliphatic hydroxyl groups is 1. The van der Waals surface area contributed by atoms with Gasteiger partial charge in [0, 0.05) is 0 Å². The molecule has 0 amide bonds. The van der Waals surface area contributed by atoms with E-state index < -0.39 is 0 Å². The zero-order valence-corrected chi connectivity index (χ0v) is 13.3. The molecule has 1 N–H and O–H groups in total. The van der Waals surface area contributed by atoms with Crippen molar-refractivity contribution in [2.75, 3.05) is 0 Å². The summed E-state index contributed by atoms with van der Waals surface area (Å²) in [7, 11) is 0.